The zero-order valence-corrected chi connectivity index (χ0v) is 12.0. The van der Waals surface area contributed by atoms with Gasteiger partial charge in [-0.15, -0.1) is 0 Å². The molecule has 1 aromatic rings. The highest BCUT2D eigenvalue weighted by atomic mass is 79.9. The van der Waals surface area contributed by atoms with Gasteiger partial charge < -0.3 is 4.74 Å². The van der Waals surface area contributed by atoms with Crippen molar-refractivity contribution in [3.63, 3.8) is 0 Å². The molecule has 0 N–H and O–H groups in total. The van der Waals surface area contributed by atoms with Gasteiger partial charge in [0, 0.05) is 4.47 Å². The smallest absolute Gasteiger partial charge is 0.339 e. The second-order valence-electron chi connectivity index (χ2n) is 2.53. The Morgan fingerprint density at radius 2 is 2.07 bits per heavy atom. The van der Waals surface area contributed by atoms with Gasteiger partial charge in [-0.1, -0.05) is 37.9 Å². The highest BCUT2D eigenvalue weighted by Crippen LogP contribution is 2.32. The number of ether oxygens (including phenoxy) is 1. The van der Waals surface area contributed by atoms with Crippen LogP contribution in [0.2, 0.25) is 0 Å². The van der Waals surface area contributed by atoms with Crippen LogP contribution >= 0.6 is 47.8 Å². The summed E-state index contributed by atoms with van der Waals surface area (Å²) in [5.41, 5.74) is 1.56. The van der Waals surface area contributed by atoms with Crippen molar-refractivity contribution in [3.05, 3.63) is 33.8 Å². The van der Waals surface area contributed by atoms with Crippen LogP contribution in [-0.4, -0.2) is 13.1 Å². The molecule has 1 aromatic carbocycles. The van der Waals surface area contributed by atoms with Gasteiger partial charge in [-0.05, 0) is 33.6 Å². The Morgan fingerprint density at radius 1 is 1.43 bits per heavy atom. The van der Waals surface area contributed by atoms with Crippen molar-refractivity contribution in [2.24, 2.45) is 0 Å². The predicted molar refractivity (Wildman–Crippen MR) is 66.1 cm³/mol. The highest BCUT2D eigenvalue weighted by Gasteiger charge is 2.12. The molecule has 0 aliphatic carbocycles. The van der Waals surface area contributed by atoms with Crippen LogP contribution in [0.25, 0.3) is 0 Å². The minimum Gasteiger partial charge on any atom is -0.465 e. The third-order valence-electron chi connectivity index (χ3n) is 1.65. The standard InChI is InChI=1S/C9H7Br3O2/c1-14-9(13)6-3-2-5(8(11)12)4-7(6)10/h2-4,8H,1H3. The molecule has 0 spiro atoms. The van der Waals surface area contributed by atoms with Crippen molar-refractivity contribution in [1.82, 2.24) is 0 Å². The second-order valence-corrected chi connectivity index (χ2v) is 6.45. The molecule has 5 heteroatoms. The van der Waals surface area contributed by atoms with Crippen LogP contribution in [0.5, 0.6) is 0 Å². The van der Waals surface area contributed by atoms with Crippen LogP contribution in [0.4, 0.5) is 0 Å². The molecule has 0 saturated heterocycles. The van der Waals surface area contributed by atoms with Gasteiger partial charge in [-0.3, -0.25) is 0 Å². The fourth-order valence-electron chi connectivity index (χ4n) is 0.943. The summed E-state index contributed by atoms with van der Waals surface area (Å²) in [5, 5.41) is 0. The molecule has 0 aliphatic heterocycles. The van der Waals surface area contributed by atoms with Crippen molar-refractivity contribution in [3.8, 4) is 0 Å². The fourth-order valence-corrected chi connectivity index (χ4v) is 2.07. The number of hydrogen-bond acceptors (Lipinski definition) is 2. The number of alkyl halides is 2. The van der Waals surface area contributed by atoms with E-state index in [2.05, 4.69) is 52.5 Å². The number of carbonyl (C=O) groups is 1. The molecule has 0 saturated carbocycles. The number of hydrogen-bond donors (Lipinski definition) is 0. The average Bonchev–Trinajstić information content (AvgIpc) is 2.16. The Balaban J connectivity index is 3.07. The molecule has 76 valence electrons. The fraction of sp³-hybridized carbons (Fsp3) is 0.222. The van der Waals surface area contributed by atoms with E-state index in [0.717, 1.165) is 10.0 Å². The zero-order chi connectivity index (χ0) is 10.7. The van der Waals surface area contributed by atoms with Crippen molar-refractivity contribution in [1.29, 1.82) is 0 Å². The van der Waals surface area contributed by atoms with E-state index in [1.54, 1.807) is 6.07 Å². The molecule has 0 fully saturated rings. The van der Waals surface area contributed by atoms with Gasteiger partial charge in [-0.25, -0.2) is 4.79 Å². The third-order valence-corrected chi connectivity index (χ3v) is 3.36. The molecule has 0 unspecified atom stereocenters. The third kappa shape index (κ3) is 2.81. The van der Waals surface area contributed by atoms with Crippen LogP contribution in [-0.2, 0) is 4.74 Å². The van der Waals surface area contributed by atoms with E-state index in [1.165, 1.54) is 7.11 Å². The molecule has 0 heterocycles. The Morgan fingerprint density at radius 3 is 2.50 bits per heavy atom. The summed E-state index contributed by atoms with van der Waals surface area (Å²) in [7, 11) is 1.36. The maximum absolute atomic E-state index is 11.2. The summed E-state index contributed by atoms with van der Waals surface area (Å²) < 4.78 is 5.43. The van der Waals surface area contributed by atoms with E-state index in [-0.39, 0.29) is 9.71 Å². The van der Waals surface area contributed by atoms with Gasteiger partial charge >= 0.3 is 5.97 Å². The molecular weight excluding hydrogens is 380 g/mol. The monoisotopic (exact) mass is 384 g/mol. The van der Waals surface area contributed by atoms with Gasteiger partial charge in [0.2, 0.25) is 0 Å². The van der Waals surface area contributed by atoms with E-state index in [0.29, 0.717) is 5.56 Å². The summed E-state index contributed by atoms with van der Waals surface area (Å²) >= 11 is 10.1. The van der Waals surface area contributed by atoms with Crippen molar-refractivity contribution >= 4 is 53.8 Å². The first kappa shape index (κ1) is 12.2. The van der Waals surface area contributed by atoms with Crippen LogP contribution in [0.15, 0.2) is 22.7 Å². The first-order valence-electron chi connectivity index (χ1n) is 3.72. The summed E-state index contributed by atoms with van der Waals surface area (Å²) in [4.78, 5) is 11.2. The molecule has 0 atom stereocenters. The Kier molecular flexibility index (Phi) is 4.60. The highest BCUT2D eigenvalue weighted by molar-refractivity contribution is 9.24. The van der Waals surface area contributed by atoms with Gasteiger partial charge in [0.25, 0.3) is 0 Å². The number of halogens is 3. The largest absolute Gasteiger partial charge is 0.465 e. The Bertz CT molecular complexity index is 350. The molecule has 1 rings (SSSR count). The van der Waals surface area contributed by atoms with Gasteiger partial charge in [-0.2, -0.15) is 0 Å². The van der Waals surface area contributed by atoms with E-state index in [9.17, 15) is 4.79 Å². The summed E-state index contributed by atoms with van der Waals surface area (Å²) in [5.74, 6) is -0.343. The lowest BCUT2D eigenvalue weighted by Crippen LogP contribution is -2.02. The SMILES string of the molecule is COC(=O)c1ccc(C(Br)Br)cc1Br. The van der Waals surface area contributed by atoms with Gasteiger partial charge in [0.15, 0.2) is 0 Å². The van der Waals surface area contributed by atoms with Gasteiger partial charge in [0.05, 0.1) is 16.4 Å². The Hall–Kier alpha value is 0.130. The maximum Gasteiger partial charge on any atom is 0.339 e. The van der Waals surface area contributed by atoms with Crippen molar-refractivity contribution in [2.45, 2.75) is 3.74 Å². The number of carbonyl (C=O) groups excluding carboxylic acids is 1. The quantitative estimate of drug-likeness (QED) is 0.566. The number of esters is 1. The molecule has 0 aromatic heterocycles. The first-order valence-corrected chi connectivity index (χ1v) is 6.34. The van der Waals surface area contributed by atoms with E-state index < -0.39 is 0 Å². The molecule has 0 amide bonds. The lowest BCUT2D eigenvalue weighted by atomic mass is 10.1. The number of benzene rings is 1. The average molecular weight is 387 g/mol. The lowest BCUT2D eigenvalue weighted by molar-refractivity contribution is 0.0599. The molecule has 0 radical (unpaired) electrons. The number of rotatable bonds is 2. The van der Waals surface area contributed by atoms with Gasteiger partial charge in [0.1, 0.15) is 0 Å². The van der Waals surface area contributed by atoms with Crippen LogP contribution in [0, 0.1) is 0 Å². The molecule has 0 bridgehead atoms. The van der Waals surface area contributed by atoms with E-state index in [4.69, 9.17) is 0 Å². The zero-order valence-electron chi connectivity index (χ0n) is 7.26. The molecule has 14 heavy (non-hydrogen) atoms. The van der Waals surface area contributed by atoms with Crippen molar-refractivity contribution in [2.75, 3.05) is 7.11 Å². The molecule has 2 nitrogen and oxygen atoms in total. The first-order chi connectivity index (χ1) is 6.56. The summed E-state index contributed by atoms with van der Waals surface area (Å²) in [6, 6.07) is 5.44. The summed E-state index contributed by atoms with van der Waals surface area (Å²) in [6.45, 7) is 0. The summed E-state index contributed by atoms with van der Waals surface area (Å²) in [6.07, 6.45) is 0. The maximum atomic E-state index is 11.2. The van der Waals surface area contributed by atoms with Crippen molar-refractivity contribution < 1.29 is 9.53 Å². The van der Waals surface area contributed by atoms with E-state index in [1.807, 2.05) is 12.1 Å². The second kappa shape index (κ2) is 5.28. The van der Waals surface area contributed by atoms with Crippen LogP contribution in [0.3, 0.4) is 0 Å². The topological polar surface area (TPSA) is 26.3 Å². The van der Waals surface area contributed by atoms with Crippen LogP contribution < -0.4 is 0 Å². The Labute approximate surface area is 107 Å². The molecule has 0 aliphatic rings. The minimum atomic E-state index is -0.343. The predicted octanol–water partition coefficient (Wildman–Crippen LogP) is 4.02. The number of methoxy groups -OCH3 is 1. The normalized spacial score (nSPS) is 10.4. The van der Waals surface area contributed by atoms with Crippen LogP contribution in [0.1, 0.15) is 19.7 Å². The minimum absolute atomic E-state index is 0.0815. The molecular formula is C9H7Br3O2. The lowest BCUT2D eigenvalue weighted by Gasteiger charge is -2.06. The van der Waals surface area contributed by atoms with E-state index >= 15 is 0 Å².